The van der Waals surface area contributed by atoms with Gasteiger partial charge in [0.2, 0.25) is 0 Å². The van der Waals surface area contributed by atoms with Gasteiger partial charge in [0.25, 0.3) is 0 Å². The van der Waals surface area contributed by atoms with Crippen molar-refractivity contribution in [1.29, 1.82) is 0 Å². The molecule has 1 atom stereocenters. The molecule has 0 amide bonds. The fraction of sp³-hybridized carbons (Fsp3) is 0.667. The first-order valence-electron chi connectivity index (χ1n) is 5.64. The van der Waals surface area contributed by atoms with Crippen molar-refractivity contribution in [2.45, 2.75) is 33.2 Å². The molecule has 1 aromatic heterocycles. The van der Waals surface area contributed by atoms with E-state index in [2.05, 4.69) is 25.2 Å². The minimum Gasteiger partial charge on any atom is -0.469 e. The van der Waals surface area contributed by atoms with Crippen LogP contribution in [-0.4, -0.2) is 19.8 Å². The lowest BCUT2D eigenvalue weighted by Gasteiger charge is -2.16. The molecule has 86 valence electrons. The summed E-state index contributed by atoms with van der Waals surface area (Å²) in [5.74, 6) is 0.948. The number of nitrogens with one attached hydrogen (secondary N) is 1. The van der Waals surface area contributed by atoms with Crippen molar-refractivity contribution in [3.05, 3.63) is 23.7 Å². The van der Waals surface area contributed by atoms with Crippen molar-refractivity contribution in [2.24, 2.45) is 0 Å². The molecule has 0 saturated carbocycles. The Hall–Kier alpha value is -0.800. The topological polar surface area (TPSA) is 34.4 Å². The van der Waals surface area contributed by atoms with Gasteiger partial charge in [-0.2, -0.15) is 0 Å². The third-order valence-corrected chi connectivity index (χ3v) is 2.24. The van der Waals surface area contributed by atoms with Gasteiger partial charge in [-0.25, -0.2) is 0 Å². The molecule has 0 spiro atoms. The third-order valence-electron chi connectivity index (χ3n) is 2.24. The number of likely N-dealkylation sites (N-methyl/N-ethyl adjacent to an activating group) is 1. The van der Waals surface area contributed by atoms with Crippen molar-refractivity contribution in [3.8, 4) is 0 Å². The maximum absolute atomic E-state index is 5.56. The minimum atomic E-state index is 0.249. The van der Waals surface area contributed by atoms with Crippen LogP contribution in [0.5, 0.6) is 0 Å². The average molecular weight is 211 g/mol. The first-order valence-corrected chi connectivity index (χ1v) is 5.64. The van der Waals surface area contributed by atoms with E-state index in [1.165, 1.54) is 5.56 Å². The smallest absolute Gasteiger partial charge is 0.101 e. The third kappa shape index (κ3) is 4.06. The summed E-state index contributed by atoms with van der Waals surface area (Å²) in [4.78, 5) is 0. The van der Waals surface area contributed by atoms with Gasteiger partial charge in [-0.3, -0.25) is 0 Å². The van der Waals surface area contributed by atoms with E-state index in [1.54, 1.807) is 6.26 Å². The van der Waals surface area contributed by atoms with Crippen LogP contribution < -0.4 is 5.32 Å². The second kappa shape index (κ2) is 6.64. The zero-order valence-electron chi connectivity index (χ0n) is 9.88. The van der Waals surface area contributed by atoms with Crippen LogP contribution in [0.2, 0.25) is 0 Å². The molecule has 0 radical (unpaired) electrons. The number of rotatable bonds is 7. The maximum Gasteiger partial charge on any atom is 0.101 e. The highest BCUT2D eigenvalue weighted by Gasteiger charge is 2.12. The molecule has 3 heteroatoms. The normalized spacial score (nSPS) is 13.0. The average Bonchev–Trinajstić information content (AvgIpc) is 2.64. The molecule has 1 heterocycles. The zero-order chi connectivity index (χ0) is 11.1. The van der Waals surface area contributed by atoms with Gasteiger partial charge in [-0.1, -0.05) is 13.8 Å². The molecule has 0 aliphatic rings. The van der Waals surface area contributed by atoms with E-state index in [9.17, 15) is 0 Å². The molecule has 0 aliphatic heterocycles. The van der Waals surface area contributed by atoms with E-state index >= 15 is 0 Å². The van der Waals surface area contributed by atoms with Gasteiger partial charge in [0.1, 0.15) is 5.76 Å². The summed E-state index contributed by atoms with van der Waals surface area (Å²) >= 11 is 0. The monoisotopic (exact) mass is 211 g/mol. The van der Waals surface area contributed by atoms with E-state index in [4.69, 9.17) is 9.15 Å². The second-order valence-corrected chi connectivity index (χ2v) is 3.68. The summed E-state index contributed by atoms with van der Waals surface area (Å²) in [5, 5.41) is 3.39. The van der Waals surface area contributed by atoms with E-state index in [1.807, 2.05) is 6.92 Å². The number of hydrogen-bond donors (Lipinski definition) is 1. The molecule has 1 aromatic rings. The second-order valence-electron chi connectivity index (χ2n) is 3.68. The lowest BCUT2D eigenvalue weighted by atomic mass is 10.1. The summed E-state index contributed by atoms with van der Waals surface area (Å²) in [7, 11) is 0. The molecule has 0 fully saturated rings. The van der Waals surface area contributed by atoms with Crippen molar-refractivity contribution >= 4 is 0 Å². The van der Waals surface area contributed by atoms with Gasteiger partial charge in [0.05, 0.1) is 18.9 Å². The summed E-state index contributed by atoms with van der Waals surface area (Å²) in [6.07, 6.45) is 2.86. The van der Waals surface area contributed by atoms with Crippen molar-refractivity contribution in [1.82, 2.24) is 5.32 Å². The Morgan fingerprint density at radius 1 is 1.47 bits per heavy atom. The van der Waals surface area contributed by atoms with E-state index in [-0.39, 0.29) is 6.04 Å². The van der Waals surface area contributed by atoms with Gasteiger partial charge in [-0.05, 0) is 26.0 Å². The Kier molecular flexibility index (Phi) is 5.43. The maximum atomic E-state index is 5.56. The molecule has 1 unspecified atom stereocenters. The molecule has 0 bridgehead atoms. The first kappa shape index (κ1) is 12.3. The van der Waals surface area contributed by atoms with Crippen molar-refractivity contribution in [3.63, 3.8) is 0 Å². The van der Waals surface area contributed by atoms with Crippen LogP contribution >= 0.6 is 0 Å². The first-order chi connectivity index (χ1) is 7.27. The molecule has 15 heavy (non-hydrogen) atoms. The molecule has 0 saturated heterocycles. The Morgan fingerprint density at radius 3 is 2.80 bits per heavy atom. The minimum absolute atomic E-state index is 0.249. The van der Waals surface area contributed by atoms with Crippen LogP contribution in [0.1, 0.15) is 37.6 Å². The lowest BCUT2D eigenvalue weighted by molar-refractivity contribution is 0.112. The lowest BCUT2D eigenvalue weighted by Crippen LogP contribution is -2.25. The van der Waals surface area contributed by atoms with Crippen molar-refractivity contribution < 1.29 is 9.15 Å². The van der Waals surface area contributed by atoms with Crippen LogP contribution in [0.15, 0.2) is 16.7 Å². The van der Waals surface area contributed by atoms with Gasteiger partial charge in [0.15, 0.2) is 0 Å². The van der Waals surface area contributed by atoms with E-state index in [0.29, 0.717) is 6.61 Å². The standard InChI is InChI=1S/C12H21NO2/c1-4-6-14-9-12(13-5-2)11-7-10(3)15-8-11/h7-8,12-13H,4-6,9H2,1-3H3. The van der Waals surface area contributed by atoms with E-state index < -0.39 is 0 Å². The largest absolute Gasteiger partial charge is 0.469 e. The quantitative estimate of drug-likeness (QED) is 0.704. The predicted molar refractivity (Wildman–Crippen MR) is 61.0 cm³/mol. The summed E-state index contributed by atoms with van der Waals surface area (Å²) < 4.78 is 10.9. The summed E-state index contributed by atoms with van der Waals surface area (Å²) in [6.45, 7) is 8.63. The predicted octanol–water partition coefficient (Wildman–Crippen LogP) is 2.67. The van der Waals surface area contributed by atoms with Crippen LogP contribution in [0.25, 0.3) is 0 Å². The van der Waals surface area contributed by atoms with E-state index in [0.717, 1.165) is 25.3 Å². The molecule has 0 aliphatic carbocycles. The number of aryl methyl sites for hydroxylation is 1. The van der Waals surface area contributed by atoms with Crippen LogP contribution in [0.3, 0.4) is 0 Å². The summed E-state index contributed by atoms with van der Waals surface area (Å²) in [6, 6.07) is 2.31. The molecule has 1 rings (SSSR count). The van der Waals surface area contributed by atoms with Crippen LogP contribution in [-0.2, 0) is 4.74 Å². The van der Waals surface area contributed by atoms with Crippen molar-refractivity contribution in [2.75, 3.05) is 19.8 Å². The number of hydrogen-bond acceptors (Lipinski definition) is 3. The molecule has 0 aromatic carbocycles. The Bertz CT molecular complexity index is 270. The number of ether oxygens (including phenoxy) is 1. The highest BCUT2D eigenvalue weighted by atomic mass is 16.5. The fourth-order valence-electron chi connectivity index (χ4n) is 1.51. The highest BCUT2D eigenvalue weighted by Crippen LogP contribution is 2.16. The summed E-state index contributed by atoms with van der Waals surface area (Å²) in [5.41, 5.74) is 1.17. The van der Waals surface area contributed by atoms with Gasteiger partial charge >= 0.3 is 0 Å². The highest BCUT2D eigenvalue weighted by molar-refractivity contribution is 5.16. The van der Waals surface area contributed by atoms with Gasteiger partial charge in [-0.15, -0.1) is 0 Å². The molecule has 1 N–H and O–H groups in total. The van der Waals surface area contributed by atoms with Gasteiger partial charge in [0, 0.05) is 12.2 Å². The van der Waals surface area contributed by atoms with Crippen LogP contribution in [0.4, 0.5) is 0 Å². The zero-order valence-corrected chi connectivity index (χ0v) is 9.88. The Labute approximate surface area is 91.8 Å². The van der Waals surface area contributed by atoms with Crippen LogP contribution in [0, 0.1) is 6.92 Å². The Balaban J connectivity index is 2.49. The van der Waals surface area contributed by atoms with Gasteiger partial charge < -0.3 is 14.5 Å². The SMILES string of the molecule is CCCOCC(NCC)c1coc(C)c1. The Morgan fingerprint density at radius 2 is 2.27 bits per heavy atom. The molecular weight excluding hydrogens is 190 g/mol. The molecule has 3 nitrogen and oxygen atoms in total. The molecular formula is C12H21NO2. The fourth-order valence-corrected chi connectivity index (χ4v) is 1.51. The number of furan rings is 1.